The fourth-order valence-corrected chi connectivity index (χ4v) is 4.04. The molecule has 2 atom stereocenters. The fourth-order valence-electron chi connectivity index (χ4n) is 4.04. The smallest absolute Gasteiger partial charge is 0.407 e. The van der Waals surface area contributed by atoms with E-state index in [0.717, 1.165) is 22.3 Å². The summed E-state index contributed by atoms with van der Waals surface area (Å²) in [5, 5.41) is 22.3. The van der Waals surface area contributed by atoms with Gasteiger partial charge in [0.15, 0.2) is 6.04 Å². The quantitative estimate of drug-likeness (QED) is 0.525. The van der Waals surface area contributed by atoms with Crippen molar-refractivity contribution in [3.63, 3.8) is 0 Å². The SMILES string of the molecule is COc1ccc([C@H](O)[C@H](NC(=O)OCC2c3ccccc3-c3ccccc32)C(=O)O)cc1. The van der Waals surface area contributed by atoms with E-state index < -0.39 is 24.2 Å². The topological polar surface area (TPSA) is 105 Å². The number of carbonyl (C=O) groups excluding carboxylic acids is 1. The molecular weight excluding hydrogens is 410 g/mol. The van der Waals surface area contributed by atoms with Gasteiger partial charge in [-0.15, -0.1) is 0 Å². The van der Waals surface area contributed by atoms with Crippen molar-refractivity contribution < 1.29 is 29.3 Å². The highest BCUT2D eigenvalue weighted by molar-refractivity contribution is 5.81. The molecule has 0 saturated carbocycles. The number of amides is 1. The second-order valence-corrected chi connectivity index (χ2v) is 7.50. The van der Waals surface area contributed by atoms with Crippen molar-refractivity contribution in [3.05, 3.63) is 89.5 Å². The predicted molar refractivity (Wildman–Crippen MR) is 118 cm³/mol. The van der Waals surface area contributed by atoms with E-state index in [9.17, 15) is 19.8 Å². The van der Waals surface area contributed by atoms with Crippen LogP contribution in [0.15, 0.2) is 72.8 Å². The third-order valence-corrected chi connectivity index (χ3v) is 5.66. The second-order valence-electron chi connectivity index (χ2n) is 7.50. The minimum atomic E-state index is -1.57. The number of aliphatic hydroxyl groups excluding tert-OH is 1. The minimum Gasteiger partial charge on any atom is -0.497 e. The van der Waals surface area contributed by atoms with Gasteiger partial charge in [0, 0.05) is 5.92 Å². The third kappa shape index (κ3) is 4.15. The number of methoxy groups -OCH3 is 1. The summed E-state index contributed by atoms with van der Waals surface area (Å²) in [7, 11) is 1.50. The number of carboxylic acid groups (broad SMARTS) is 1. The number of rotatable bonds is 7. The molecule has 1 aliphatic rings. The number of ether oxygens (including phenoxy) is 2. The van der Waals surface area contributed by atoms with Gasteiger partial charge in [0.25, 0.3) is 0 Å². The minimum absolute atomic E-state index is 0.0465. The van der Waals surface area contributed by atoms with Crippen LogP contribution in [0.25, 0.3) is 11.1 Å². The summed E-state index contributed by atoms with van der Waals surface area (Å²) in [6.07, 6.45) is -2.37. The zero-order valence-corrected chi connectivity index (χ0v) is 17.4. The van der Waals surface area contributed by atoms with Gasteiger partial charge in [0.1, 0.15) is 18.5 Å². The molecule has 4 rings (SSSR count). The summed E-state index contributed by atoms with van der Waals surface area (Å²) < 4.78 is 10.5. The molecule has 0 aromatic heterocycles. The van der Waals surface area contributed by atoms with Gasteiger partial charge in [-0.3, -0.25) is 0 Å². The first kappa shape index (κ1) is 21.4. The van der Waals surface area contributed by atoms with Gasteiger partial charge >= 0.3 is 12.1 Å². The predicted octanol–water partition coefficient (Wildman–Crippen LogP) is 3.72. The van der Waals surface area contributed by atoms with Gasteiger partial charge in [-0.25, -0.2) is 9.59 Å². The molecule has 0 aliphatic heterocycles. The van der Waals surface area contributed by atoms with E-state index >= 15 is 0 Å². The maximum absolute atomic E-state index is 12.4. The van der Waals surface area contributed by atoms with Crippen LogP contribution in [0, 0.1) is 0 Å². The Morgan fingerprint density at radius 1 is 0.938 bits per heavy atom. The summed E-state index contributed by atoms with van der Waals surface area (Å²) in [5.74, 6) is -0.956. The molecule has 3 N–H and O–H groups in total. The standard InChI is InChI=1S/C25H23NO6/c1-31-16-12-10-15(11-13-16)23(27)22(24(28)29)26-25(30)32-14-21-19-8-4-2-6-17(19)18-7-3-5-9-20(18)21/h2-13,21-23,27H,14H2,1H3,(H,26,30)(H,28,29)/t22-,23-/m0/s1. The number of fused-ring (bicyclic) bond motifs is 3. The lowest BCUT2D eigenvalue weighted by molar-refractivity contribution is -0.142. The molecule has 3 aromatic rings. The highest BCUT2D eigenvalue weighted by Gasteiger charge is 2.32. The molecule has 0 spiro atoms. The number of hydrogen-bond acceptors (Lipinski definition) is 5. The number of carboxylic acids is 1. The Labute approximate surface area is 185 Å². The molecule has 0 unspecified atom stereocenters. The molecule has 1 aliphatic carbocycles. The highest BCUT2D eigenvalue weighted by Crippen LogP contribution is 2.44. The van der Waals surface area contributed by atoms with Crippen LogP contribution < -0.4 is 10.1 Å². The number of hydrogen-bond donors (Lipinski definition) is 3. The lowest BCUT2D eigenvalue weighted by Gasteiger charge is -2.21. The van der Waals surface area contributed by atoms with E-state index in [4.69, 9.17) is 9.47 Å². The molecule has 0 radical (unpaired) electrons. The van der Waals surface area contributed by atoms with Crippen molar-refractivity contribution in [2.24, 2.45) is 0 Å². The lowest BCUT2D eigenvalue weighted by atomic mass is 9.98. The van der Waals surface area contributed by atoms with Crippen molar-refractivity contribution >= 4 is 12.1 Å². The van der Waals surface area contributed by atoms with E-state index in [1.54, 1.807) is 24.3 Å². The molecule has 3 aromatic carbocycles. The number of benzene rings is 3. The van der Waals surface area contributed by atoms with Gasteiger partial charge in [-0.1, -0.05) is 60.7 Å². The number of aliphatic hydroxyl groups is 1. The first-order chi connectivity index (χ1) is 15.5. The lowest BCUT2D eigenvalue weighted by Crippen LogP contribution is -2.45. The number of aliphatic carboxylic acids is 1. The monoisotopic (exact) mass is 433 g/mol. The summed E-state index contributed by atoms with van der Waals surface area (Å²) in [5.41, 5.74) is 4.62. The molecule has 0 fully saturated rings. The molecular formula is C25H23NO6. The van der Waals surface area contributed by atoms with Crippen LogP contribution in [0.2, 0.25) is 0 Å². The van der Waals surface area contributed by atoms with Crippen LogP contribution in [-0.4, -0.2) is 42.0 Å². The maximum Gasteiger partial charge on any atom is 0.407 e. The van der Waals surface area contributed by atoms with Gasteiger partial charge in [-0.05, 0) is 39.9 Å². The van der Waals surface area contributed by atoms with Crippen molar-refractivity contribution in [3.8, 4) is 16.9 Å². The summed E-state index contributed by atoms with van der Waals surface area (Å²) in [6, 6.07) is 20.6. The first-order valence-electron chi connectivity index (χ1n) is 10.2. The maximum atomic E-state index is 12.4. The Morgan fingerprint density at radius 2 is 1.50 bits per heavy atom. The Bertz CT molecular complexity index is 1080. The van der Waals surface area contributed by atoms with Crippen molar-refractivity contribution in [1.82, 2.24) is 5.32 Å². The van der Waals surface area contributed by atoms with Gasteiger partial charge in [0.05, 0.1) is 7.11 Å². The van der Waals surface area contributed by atoms with Crippen LogP contribution in [0.1, 0.15) is 28.7 Å². The van der Waals surface area contributed by atoms with Crippen LogP contribution in [0.5, 0.6) is 5.75 Å². The van der Waals surface area contributed by atoms with E-state index in [-0.39, 0.29) is 12.5 Å². The summed E-state index contributed by atoms with van der Waals surface area (Å²) in [4.78, 5) is 24.2. The average Bonchev–Trinajstić information content (AvgIpc) is 3.14. The van der Waals surface area contributed by atoms with Crippen LogP contribution in [0.3, 0.4) is 0 Å². The Balaban J connectivity index is 1.45. The van der Waals surface area contributed by atoms with Gasteiger partial charge < -0.3 is 25.0 Å². The van der Waals surface area contributed by atoms with Crippen molar-refractivity contribution in [2.75, 3.05) is 13.7 Å². The molecule has 7 heteroatoms. The molecule has 32 heavy (non-hydrogen) atoms. The normalized spacial score (nSPS) is 14.1. The van der Waals surface area contributed by atoms with Crippen molar-refractivity contribution in [1.29, 1.82) is 0 Å². The number of carbonyl (C=O) groups is 2. The molecule has 0 saturated heterocycles. The Kier molecular flexibility index (Phi) is 6.09. The average molecular weight is 433 g/mol. The van der Waals surface area contributed by atoms with Gasteiger partial charge in [0.2, 0.25) is 0 Å². The van der Waals surface area contributed by atoms with E-state index in [1.807, 2.05) is 48.5 Å². The number of nitrogens with one attached hydrogen (secondary N) is 1. The van der Waals surface area contributed by atoms with Crippen LogP contribution in [-0.2, 0) is 9.53 Å². The molecule has 0 heterocycles. The molecule has 1 amide bonds. The summed E-state index contributed by atoms with van der Waals surface area (Å²) in [6.45, 7) is 0.0465. The second kappa shape index (κ2) is 9.11. The highest BCUT2D eigenvalue weighted by atomic mass is 16.5. The van der Waals surface area contributed by atoms with E-state index in [1.165, 1.54) is 7.11 Å². The fraction of sp³-hybridized carbons (Fsp3) is 0.200. The summed E-state index contributed by atoms with van der Waals surface area (Å²) >= 11 is 0. The van der Waals surface area contributed by atoms with E-state index in [2.05, 4.69) is 5.32 Å². The van der Waals surface area contributed by atoms with Crippen LogP contribution >= 0.6 is 0 Å². The van der Waals surface area contributed by atoms with Crippen molar-refractivity contribution in [2.45, 2.75) is 18.1 Å². The molecule has 0 bridgehead atoms. The zero-order valence-electron chi connectivity index (χ0n) is 17.4. The van der Waals surface area contributed by atoms with E-state index in [0.29, 0.717) is 11.3 Å². The van der Waals surface area contributed by atoms with Crippen LogP contribution in [0.4, 0.5) is 4.79 Å². The number of alkyl carbamates (subject to hydrolysis) is 1. The molecule has 7 nitrogen and oxygen atoms in total. The Morgan fingerprint density at radius 3 is 2.03 bits per heavy atom. The Hall–Kier alpha value is -3.84. The largest absolute Gasteiger partial charge is 0.497 e. The molecule has 164 valence electrons. The third-order valence-electron chi connectivity index (χ3n) is 5.66. The first-order valence-corrected chi connectivity index (χ1v) is 10.2. The zero-order chi connectivity index (χ0) is 22.7. The van der Waals surface area contributed by atoms with Gasteiger partial charge in [-0.2, -0.15) is 0 Å².